The van der Waals surface area contributed by atoms with Gasteiger partial charge >= 0.3 is 0 Å². The molecule has 0 aliphatic carbocycles. The molecule has 122 valence electrons. The highest BCUT2D eigenvalue weighted by molar-refractivity contribution is 7.13. The summed E-state index contributed by atoms with van der Waals surface area (Å²) < 4.78 is 0. The number of amides is 1. The first-order chi connectivity index (χ1) is 11.6. The largest absolute Gasteiger partial charge is 0.352 e. The molecule has 3 aromatic rings. The number of hydrogen-bond donors (Lipinski definition) is 1. The van der Waals surface area contributed by atoms with E-state index < -0.39 is 0 Å². The van der Waals surface area contributed by atoms with Gasteiger partial charge in [0.15, 0.2) is 0 Å². The highest BCUT2D eigenvalue weighted by Gasteiger charge is 2.09. The number of nitrogens with one attached hydrogen (secondary N) is 1. The number of carbonyl (C=O) groups is 1. The van der Waals surface area contributed by atoms with E-state index in [4.69, 9.17) is 23.2 Å². The molecule has 24 heavy (non-hydrogen) atoms. The van der Waals surface area contributed by atoms with Crippen molar-refractivity contribution in [2.24, 2.45) is 0 Å². The molecule has 0 atom stereocenters. The average molecular weight is 377 g/mol. The molecule has 0 saturated heterocycles. The van der Waals surface area contributed by atoms with Crippen LogP contribution in [0, 0.1) is 0 Å². The normalized spacial score (nSPS) is 10.6. The summed E-state index contributed by atoms with van der Waals surface area (Å²) in [6, 6.07) is 14.9. The van der Waals surface area contributed by atoms with Crippen LogP contribution in [-0.4, -0.2) is 10.9 Å². The fraction of sp³-hybridized carbons (Fsp3) is 0.111. The van der Waals surface area contributed by atoms with E-state index in [9.17, 15) is 4.79 Å². The number of carbonyl (C=O) groups excluding carboxylic acids is 1. The van der Waals surface area contributed by atoms with Crippen molar-refractivity contribution in [3.63, 3.8) is 0 Å². The second kappa shape index (κ2) is 7.79. The number of aromatic nitrogens is 1. The van der Waals surface area contributed by atoms with Crippen LogP contribution in [0.2, 0.25) is 10.0 Å². The standard InChI is InChI=1S/C18H14Cl2N2OS/c19-14-6-4-13(5-7-14)18-22-16(11-24-18)9-17(23)21-10-12-2-1-3-15(20)8-12/h1-8,11H,9-10H2,(H,21,23). The van der Waals surface area contributed by atoms with Gasteiger partial charge in [-0.05, 0) is 29.8 Å². The molecule has 0 aliphatic heterocycles. The molecule has 3 nitrogen and oxygen atoms in total. The number of nitrogens with zero attached hydrogens (tertiary/aromatic N) is 1. The van der Waals surface area contributed by atoms with Gasteiger partial charge in [0.25, 0.3) is 0 Å². The molecule has 3 rings (SSSR count). The van der Waals surface area contributed by atoms with Crippen LogP contribution in [0.25, 0.3) is 10.6 Å². The summed E-state index contributed by atoms with van der Waals surface area (Å²) in [6.45, 7) is 0.452. The van der Waals surface area contributed by atoms with Gasteiger partial charge in [0.1, 0.15) is 5.01 Å². The minimum Gasteiger partial charge on any atom is -0.352 e. The second-order valence-corrected chi connectivity index (χ2v) is 6.97. The molecule has 1 N–H and O–H groups in total. The summed E-state index contributed by atoms with van der Waals surface area (Å²) in [7, 11) is 0. The molecule has 1 amide bonds. The molecular weight excluding hydrogens is 363 g/mol. The molecule has 0 spiro atoms. The molecular formula is C18H14Cl2N2OS. The van der Waals surface area contributed by atoms with Crippen LogP contribution >= 0.6 is 34.5 Å². The minimum absolute atomic E-state index is 0.0667. The number of hydrogen-bond acceptors (Lipinski definition) is 3. The summed E-state index contributed by atoms with van der Waals surface area (Å²) in [5, 5.41) is 7.02. The van der Waals surface area contributed by atoms with Gasteiger partial charge in [0.05, 0.1) is 12.1 Å². The quantitative estimate of drug-likeness (QED) is 0.682. The van der Waals surface area contributed by atoms with E-state index in [-0.39, 0.29) is 12.3 Å². The predicted octanol–water partition coefficient (Wildman–Crippen LogP) is 4.98. The van der Waals surface area contributed by atoms with Gasteiger partial charge < -0.3 is 5.32 Å². The third kappa shape index (κ3) is 4.57. The van der Waals surface area contributed by atoms with Crippen molar-refractivity contribution in [1.82, 2.24) is 10.3 Å². The third-order valence-electron chi connectivity index (χ3n) is 3.36. The zero-order valence-corrected chi connectivity index (χ0v) is 15.0. The summed E-state index contributed by atoms with van der Waals surface area (Å²) >= 11 is 13.3. The van der Waals surface area contributed by atoms with Crippen molar-refractivity contribution in [2.45, 2.75) is 13.0 Å². The lowest BCUT2D eigenvalue weighted by atomic mass is 10.2. The van der Waals surface area contributed by atoms with Gasteiger partial charge in [0, 0.05) is 27.5 Å². The van der Waals surface area contributed by atoms with Crippen molar-refractivity contribution in [3.8, 4) is 10.6 Å². The third-order valence-corrected chi connectivity index (χ3v) is 4.79. The summed E-state index contributed by atoms with van der Waals surface area (Å²) in [4.78, 5) is 16.6. The fourth-order valence-electron chi connectivity index (χ4n) is 2.19. The van der Waals surface area contributed by atoms with Crippen LogP contribution in [0.1, 0.15) is 11.3 Å². The maximum Gasteiger partial charge on any atom is 0.226 e. The first kappa shape index (κ1) is 17.0. The lowest BCUT2D eigenvalue weighted by Crippen LogP contribution is -2.24. The molecule has 1 aromatic heterocycles. The molecule has 6 heteroatoms. The summed E-state index contributed by atoms with van der Waals surface area (Å²) in [5.41, 5.74) is 2.72. The molecule has 0 fully saturated rings. The van der Waals surface area contributed by atoms with Crippen LogP contribution in [-0.2, 0) is 17.8 Å². The van der Waals surface area contributed by atoms with Crippen LogP contribution in [0.5, 0.6) is 0 Å². The van der Waals surface area contributed by atoms with Crippen molar-refractivity contribution in [3.05, 3.63) is 75.2 Å². The van der Waals surface area contributed by atoms with Crippen LogP contribution in [0.3, 0.4) is 0 Å². The zero-order chi connectivity index (χ0) is 16.9. The monoisotopic (exact) mass is 376 g/mol. The van der Waals surface area contributed by atoms with Gasteiger partial charge in [-0.3, -0.25) is 4.79 Å². The van der Waals surface area contributed by atoms with Crippen molar-refractivity contribution in [1.29, 1.82) is 0 Å². The van der Waals surface area contributed by atoms with E-state index in [1.165, 1.54) is 11.3 Å². The van der Waals surface area contributed by atoms with Crippen LogP contribution in [0.15, 0.2) is 53.9 Å². The Kier molecular flexibility index (Phi) is 5.51. The first-order valence-corrected chi connectivity index (χ1v) is 8.95. The number of halogens is 2. The zero-order valence-electron chi connectivity index (χ0n) is 12.6. The lowest BCUT2D eigenvalue weighted by molar-refractivity contribution is -0.120. The van der Waals surface area contributed by atoms with E-state index >= 15 is 0 Å². The Bertz CT molecular complexity index is 846. The van der Waals surface area contributed by atoms with E-state index in [2.05, 4.69) is 10.3 Å². The van der Waals surface area contributed by atoms with Gasteiger partial charge in [-0.25, -0.2) is 4.98 Å². The Balaban J connectivity index is 1.58. The highest BCUT2D eigenvalue weighted by Crippen LogP contribution is 2.25. The fourth-order valence-corrected chi connectivity index (χ4v) is 3.35. The van der Waals surface area contributed by atoms with Crippen LogP contribution in [0.4, 0.5) is 0 Å². The van der Waals surface area contributed by atoms with E-state index in [1.807, 2.05) is 47.8 Å². The summed E-state index contributed by atoms with van der Waals surface area (Å²) in [5.74, 6) is -0.0667. The van der Waals surface area contributed by atoms with Crippen molar-refractivity contribution in [2.75, 3.05) is 0 Å². The number of rotatable bonds is 5. The molecule has 0 bridgehead atoms. The Morgan fingerprint density at radius 3 is 2.62 bits per heavy atom. The number of thiazole rings is 1. The Labute approximate surface area is 154 Å². The van der Waals surface area contributed by atoms with E-state index in [0.29, 0.717) is 16.6 Å². The number of benzene rings is 2. The topological polar surface area (TPSA) is 42.0 Å². The minimum atomic E-state index is -0.0667. The predicted molar refractivity (Wildman–Crippen MR) is 99.6 cm³/mol. The lowest BCUT2D eigenvalue weighted by Gasteiger charge is -2.04. The molecule has 0 unspecified atom stereocenters. The molecule has 0 aliphatic rings. The Hall–Kier alpha value is -1.88. The van der Waals surface area contributed by atoms with Crippen molar-refractivity contribution < 1.29 is 4.79 Å². The van der Waals surface area contributed by atoms with Crippen molar-refractivity contribution >= 4 is 40.4 Å². The molecule has 0 saturated carbocycles. The van der Waals surface area contributed by atoms with Gasteiger partial charge in [-0.15, -0.1) is 11.3 Å². The maximum atomic E-state index is 12.1. The molecule has 2 aromatic carbocycles. The molecule has 1 heterocycles. The summed E-state index contributed by atoms with van der Waals surface area (Å²) in [6.07, 6.45) is 0.255. The van der Waals surface area contributed by atoms with Gasteiger partial charge in [0.2, 0.25) is 5.91 Å². The second-order valence-electron chi connectivity index (χ2n) is 5.23. The SMILES string of the molecule is O=C(Cc1csc(-c2ccc(Cl)cc2)n1)NCc1cccc(Cl)c1. The molecule has 0 radical (unpaired) electrons. The highest BCUT2D eigenvalue weighted by atomic mass is 35.5. The first-order valence-electron chi connectivity index (χ1n) is 7.31. The Morgan fingerprint density at radius 1 is 1.08 bits per heavy atom. The maximum absolute atomic E-state index is 12.1. The van der Waals surface area contributed by atoms with E-state index in [1.54, 1.807) is 6.07 Å². The van der Waals surface area contributed by atoms with E-state index in [0.717, 1.165) is 21.8 Å². The van der Waals surface area contributed by atoms with Gasteiger partial charge in [-0.2, -0.15) is 0 Å². The van der Waals surface area contributed by atoms with Crippen LogP contribution < -0.4 is 5.32 Å². The Morgan fingerprint density at radius 2 is 1.88 bits per heavy atom. The smallest absolute Gasteiger partial charge is 0.226 e. The average Bonchev–Trinajstić information content (AvgIpc) is 3.02. The van der Waals surface area contributed by atoms with Gasteiger partial charge in [-0.1, -0.05) is 47.5 Å².